The van der Waals surface area contributed by atoms with E-state index in [0.717, 1.165) is 0 Å². The number of carbonyl (C=O) groups excluding carboxylic acids is 1. The summed E-state index contributed by atoms with van der Waals surface area (Å²) in [7, 11) is 0. The Morgan fingerprint density at radius 3 is 2.00 bits per heavy atom. The van der Waals surface area contributed by atoms with Crippen LogP contribution in [0.15, 0.2) is 0 Å². The summed E-state index contributed by atoms with van der Waals surface area (Å²) in [5.74, 6) is -0.259. The van der Waals surface area contributed by atoms with Crippen LogP contribution >= 0.6 is 22.6 Å². The van der Waals surface area contributed by atoms with Crippen LogP contribution in [-0.2, 0) is 4.79 Å². The molecule has 0 radical (unpaired) electrons. The van der Waals surface area contributed by atoms with E-state index in [1.807, 2.05) is 22.6 Å². The van der Waals surface area contributed by atoms with Gasteiger partial charge in [-0.15, -0.1) is 0 Å². The van der Waals surface area contributed by atoms with Crippen molar-refractivity contribution in [2.45, 2.75) is 0 Å². The van der Waals surface area contributed by atoms with Crippen molar-refractivity contribution in [1.29, 1.82) is 0 Å². The van der Waals surface area contributed by atoms with Crippen LogP contribution in [0.1, 0.15) is 0 Å². The van der Waals surface area contributed by atoms with Crippen LogP contribution in [0.4, 0.5) is 0 Å². The summed E-state index contributed by atoms with van der Waals surface area (Å²) in [5, 5.41) is 0. The van der Waals surface area contributed by atoms with Crippen molar-refractivity contribution in [3.05, 3.63) is 0 Å². The van der Waals surface area contributed by atoms with Crippen LogP contribution < -0.4 is 5.73 Å². The van der Waals surface area contributed by atoms with Gasteiger partial charge < -0.3 is 5.73 Å². The molecule has 0 fully saturated rings. The third-order valence-electron chi connectivity index (χ3n) is 0.132. The van der Waals surface area contributed by atoms with Gasteiger partial charge in [0, 0.05) is 0 Å². The number of hydrogen-bond donors (Lipinski definition) is 1. The summed E-state index contributed by atoms with van der Waals surface area (Å²) < 4.78 is 0.414. The number of carbonyl (C=O) groups is 1. The van der Waals surface area contributed by atoms with E-state index < -0.39 is 0 Å². The fourth-order valence-corrected chi connectivity index (χ4v) is 0. The zero-order valence-corrected chi connectivity index (χ0v) is 4.73. The summed E-state index contributed by atoms with van der Waals surface area (Å²) >= 11 is 1.90. The number of amides is 1. The molecule has 0 saturated carbocycles. The molecule has 0 atom stereocenters. The Labute approximate surface area is 72.3 Å². The second-order valence-corrected chi connectivity index (χ2v) is 1.36. The molecule has 2 nitrogen and oxygen atoms in total. The van der Waals surface area contributed by atoms with Crippen LogP contribution in [0.3, 0.4) is 0 Å². The molecular weight excluding hydrogens is 204 g/mol. The van der Waals surface area contributed by atoms with Gasteiger partial charge in [0.15, 0.2) is 0 Å². The molecule has 0 aliphatic carbocycles. The maximum atomic E-state index is 9.58. The Kier molecular flexibility index (Phi) is 10.6. The fourth-order valence-electron chi connectivity index (χ4n) is 0. The normalized spacial score (nSPS) is 6.17. The van der Waals surface area contributed by atoms with Crippen molar-refractivity contribution in [3.63, 3.8) is 0 Å². The van der Waals surface area contributed by atoms with Crippen molar-refractivity contribution in [3.8, 4) is 0 Å². The first-order chi connectivity index (χ1) is 2.27. The third-order valence-corrected chi connectivity index (χ3v) is 0.884. The van der Waals surface area contributed by atoms with Crippen LogP contribution in [0.5, 0.6) is 0 Å². The van der Waals surface area contributed by atoms with Gasteiger partial charge in [-0.2, -0.15) is 0 Å². The zero-order chi connectivity index (χ0) is 4.28. The number of hydrogen-bond acceptors (Lipinski definition) is 1. The zero-order valence-electron chi connectivity index (χ0n) is 2.57. The molecule has 4 heteroatoms. The van der Waals surface area contributed by atoms with E-state index in [1.165, 1.54) is 0 Å². The topological polar surface area (TPSA) is 43.1 Å². The van der Waals surface area contributed by atoms with Crippen molar-refractivity contribution in [1.82, 2.24) is 0 Å². The molecule has 0 aromatic rings. The summed E-state index contributed by atoms with van der Waals surface area (Å²) in [4.78, 5) is 9.58. The molecule has 0 saturated heterocycles. The van der Waals surface area contributed by atoms with E-state index in [-0.39, 0.29) is 35.5 Å². The van der Waals surface area contributed by atoms with E-state index in [2.05, 4.69) is 5.73 Å². The molecule has 1 amide bonds. The molecule has 0 aliphatic heterocycles. The van der Waals surface area contributed by atoms with Gasteiger partial charge in [0.2, 0.25) is 5.91 Å². The Morgan fingerprint density at radius 1 is 1.83 bits per heavy atom. The Hall–Kier alpha value is 1.20. The first kappa shape index (κ1) is 10.2. The number of alkyl halides is 1. The monoisotopic (exact) mass is 209 g/mol. The van der Waals surface area contributed by atoms with Crippen LogP contribution in [0.25, 0.3) is 0 Å². The molecule has 0 aromatic heterocycles. The molecule has 6 heavy (non-hydrogen) atoms. The predicted molar refractivity (Wildman–Crippen MR) is 35.2 cm³/mol. The van der Waals surface area contributed by atoms with Crippen LogP contribution in [-0.4, -0.2) is 39.9 Å². The van der Waals surface area contributed by atoms with Gasteiger partial charge in [0.25, 0.3) is 0 Å². The Bertz CT molecular complexity index is 48.8. The average molecular weight is 209 g/mol. The van der Waals surface area contributed by atoms with Gasteiger partial charge in [-0.1, -0.05) is 22.6 Å². The van der Waals surface area contributed by atoms with Crippen molar-refractivity contribution in [2.75, 3.05) is 4.43 Å². The Balaban J connectivity index is 0. The van der Waals surface area contributed by atoms with Crippen LogP contribution in [0, 0.1) is 0 Å². The molecule has 2 N–H and O–H groups in total. The van der Waals surface area contributed by atoms with Gasteiger partial charge >= 0.3 is 29.6 Å². The second kappa shape index (κ2) is 6.20. The fraction of sp³-hybridized carbons (Fsp3) is 0.500. The first-order valence-electron chi connectivity index (χ1n) is 1.11. The van der Waals surface area contributed by atoms with E-state index in [0.29, 0.717) is 4.43 Å². The molecule has 32 valence electrons. The minimum absolute atomic E-state index is 0. The number of nitrogens with two attached hydrogens (primary N) is 1. The van der Waals surface area contributed by atoms with E-state index in [1.54, 1.807) is 0 Å². The molecule has 0 aliphatic rings. The maximum absolute atomic E-state index is 9.58. The van der Waals surface area contributed by atoms with Crippen molar-refractivity contribution < 1.29 is 4.79 Å². The van der Waals surface area contributed by atoms with Gasteiger partial charge in [0.1, 0.15) is 0 Å². The summed E-state index contributed by atoms with van der Waals surface area (Å²) in [6.45, 7) is 0. The quantitative estimate of drug-likeness (QED) is 0.345. The standard InChI is InChI=1S/C2H4INO.Na.H/c3-1-2(4)5;;/h1H2,(H2,4,5);;. The van der Waals surface area contributed by atoms with E-state index >= 15 is 0 Å². The van der Waals surface area contributed by atoms with Gasteiger partial charge in [-0.05, 0) is 0 Å². The number of rotatable bonds is 1. The molecular formula is C2H5INNaO. The Morgan fingerprint density at radius 2 is 2.00 bits per heavy atom. The van der Waals surface area contributed by atoms with E-state index in [9.17, 15) is 4.79 Å². The average Bonchev–Trinajstić information content (AvgIpc) is 1.38. The molecule has 0 rings (SSSR count). The second-order valence-electron chi connectivity index (χ2n) is 0.600. The number of primary amides is 1. The van der Waals surface area contributed by atoms with Crippen LogP contribution in [0.2, 0.25) is 0 Å². The predicted octanol–water partition coefficient (Wildman–Crippen LogP) is -0.742. The summed E-state index contributed by atoms with van der Waals surface area (Å²) in [6, 6.07) is 0. The van der Waals surface area contributed by atoms with Gasteiger partial charge in [-0.25, -0.2) is 0 Å². The first-order valence-corrected chi connectivity index (χ1v) is 2.64. The minimum atomic E-state index is -0.259. The van der Waals surface area contributed by atoms with Crippen molar-refractivity contribution >= 4 is 58.1 Å². The third kappa shape index (κ3) is 8.96. The van der Waals surface area contributed by atoms with E-state index in [4.69, 9.17) is 0 Å². The molecule has 0 spiro atoms. The molecule has 0 aromatic carbocycles. The number of halogens is 1. The summed E-state index contributed by atoms with van der Waals surface area (Å²) in [5.41, 5.74) is 4.65. The van der Waals surface area contributed by atoms with Gasteiger partial charge in [0.05, 0.1) is 4.43 Å². The molecule has 0 heterocycles. The van der Waals surface area contributed by atoms with Gasteiger partial charge in [-0.3, -0.25) is 4.79 Å². The van der Waals surface area contributed by atoms with Crippen molar-refractivity contribution in [2.24, 2.45) is 5.73 Å². The molecule has 0 bridgehead atoms. The molecule has 0 unspecified atom stereocenters. The SMILES string of the molecule is NC(=O)CI.[NaH]. The summed E-state index contributed by atoms with van der Waals surface area (Å²) in [6.07, 6.45) is 0.